The third kappa shape index (κ3) is 3.57. The van der Waals surface area contributed by atoms with Crippen LogP contribution in [0, 0.1) is 11.2 Å². The summed E-state index contributed by atoms with van der Waals surface area (Å²) in [5, 5.41) is 0. The summed E-state index contributed by atoms with van der Waals surface area (Å²) >= 11 is 0. The molecule has 0 N–H and O–H groups in total. The van der Waals surface area contributed by atoms with Crippen LogP contribution in [0.4, 0.5) is 10.1 Å². The van der Waals surface area contributed by atoms with Crippen LogP contribution in [0.5, 0.6) is 17.2 Å². The Labute approximate surface area is 253 Å². The smallest absolute Gasteiger partial charge is 0.203 e. The van der Waals surface area contributed by atoms with Gasteiger partial charge in [-0.3, -0.25) is 14.4 Å². The Kier molecular flexibility index (Phi) is 6.39. The summed E-state index contributed by atoms with van der Waals surface area (Å²) in [7, 11) is 4.44. The first-order valence-corrected chi connectivity index (χ1v) is 14.2. The van der Waals surface area contributed by atoms with Crippen molar-refractivity contribution in [2.75, 3.05) is 26.2 Å². The molecule has 1 fully saturated rings. The minimum atomic E-state index is -1.76. The number of nitrogens with zero attached hydrogens (tertiary/aromatic N) is 1. The fourth-order valence-electron chi connectivity index (χ4n) is 7.43. The monoisotopic (exact) mass is 589 g/mol. The maximum Gasteiger partial charge on any atom is 0.203 e. The zero-order valence-electron chi connectivity index (χ0n) is 24.2. The second-order valence-electron chi connectivity index (χ2n) is 11.1. The number of rotatable bonds is 6. The molecule has 0 aromatic heterocycles. The lowest BCUT2D eigenvalue weighted by molar-refractivity contribution is 0.0664. The highest BCUT2D eigenvalue weighted by Gasteiger charge is 2.72. The summed E-state index contributed by atoms with van der Waals surface area (Å²) < 4.78 is 31.7. The summed E-state index contributed by atoms with van der Waals surface area (Å²) in [6.07, 6.45) is 3.48. The average Bonchev–Trinajstić information content (AvgIpc) is 3.49. The van der Waals surface area contributed by atoms with Gasteiger partial charge in [-0.15, -0.1) is 0 Å². The molecule has 1 aliphatic carbocycles. The molecule has 3 atom stereocenters. The second kappa shape index (κ2) is 10.2. The van der Waals surface area contributed by atoms with Crippen molar-refractivity contribution in [2.24, 2.45) is 5.41 Å². The number of fused-ring (bicyclic) bond motifs is 5. The Morgan fingerprint density at radius 1 is 0.795 bits per heavy atom. The van der Waals surface area contributed by atoms with E-state index in [9.17, 15) is 18.8 Å². The number of ether oxygens (including phenoxy) is 3. The molecule has 4 aromatic rings. The van der Waals surface area contributed by atoms with Gasteiger partial charge >= 0.3 is 0 Å². The van der Waals surface area contributed by atoms with Crippen LogP contribution >= 0.6 is 0 Å². The zero-order valence-corrected chi connectivity index (χ0v) is 24.2. The number of hydrogen-bond acceptors (Lipinski definition) is 7. The van der Waals surface area contributed by atoms with Gasteiger partial charge in [0.2, 0.25) is 5.75 Å². The molecular weight excluding hydrogens is 561 g/mol. The van der Waals surface area contributed by atoms with E-state index in [1.807, 2.05) is 11.0 Å². The Hall–Kier alpha value is -5.24. The van der Waals surface area contributed by atoms with E-state index in [4.69, 9.17) is 14.2 Å². The molecule has 0 radical (unpaired) electrons. The largest absolute Gasteiger partial charge is 0.493 e. The maximum absolute atomic E-state index is 14.9. The molecule has 8 heteroatoms. The third-order valence-electron chi connectivity index (χ3n) is 9.16. The highest BCUT2D eigenvalue weighted by Crippen LogP contribution is 2.63. The zero-order chi connectivity index (χ0) is 30.7. The van der Waals surface area contributed by atoms with Crippen LogP contribution in [0.3, 0.4) is 0 Å². The van der Waals surface area contributed by atoms with Gasteiger partial charge in [-0.1, -0.05) is 72.8 Å². The van der Waals surface area contributed by atoms with Gasteiger partial charge in [0.25, 0.3) is 0 Å². The molecule has 0 unspecified atom stereocenters. The molecule has 2 aliphatic heterocycles. The number of methoxy groups -OCH3 is 3. The molecule has 7 nitrogen and oxygen atoms in total. The van der Waals surface area contributed by atoms with Crippen molar-refractivity contribution < 1.29 is 33.0 Å². The van der Waals surface area contributed by atoms with Gasteiger partial charge in [0.1, 0.15) is 17.3 Å². The lowest BCUT2D eigenvalue weighted by Gasteiger charge is -2.37. The van der Waals surface area contributed by atoms with Crippen LogP contribution in [-0.2, 0) is 0 Å². The first-order valence-electron chi connectivity index (χ1n) is 14.2. The van der Waals surface area contributed by atoms with Crippen molar-refractivity contribution in [1.29, 1.82) is 0 Å². The predicted octanol–water partition coefficient (Wildman–Crippen LogP) is 6.17. The van der Waals surface area contributed by atoms with E-state index in [0.29, 0.717) is 39.3 Å². The molecule has 44 heavy (non-hydrogen) atoms. The number of Topliss-reactive ketones (excluding diaryl/α,β-unsaturated/α-hetero) is 3. The van der Waals surface area contributed by atoms with Gasteiger partial charge in [0, 0.05) is 39.4 Å². The molecule has 0 amide bonds. The molecule has 7 rings (SSSR count). The molecule has 0 saturated carbocycles. The number of ketones is 3. The molecule has 0 bridgehead atoms. The highest BCUT2D eigenvalue weighted by molar-refractivity contribution is 6.32. The number of anilines is 1. The minimum absolute atomic E-state index is 0.252. The van der Waals surface area contributed by atoms with E-state index < -0.39 is 29.2 Å². The topological polar surface area (TPSA) is 82.1 Å². The van der Waals surface area contributed by atoms with Gasteiger partial charge in [0.15, 0.2) is 28.8 Å². The lowest BCUT2D eigenvalue weighted by atomic mass is 9.64. The first kappa shape index (κ1) is 27.6. The maximum atomic E-state index is 14.9. The number of halogens is 1. The molecule has 1 saturated heterocycles. The molecule has 4 aromatic carbocycles. The van der Waals surface area contributed by atoms with Gasteiger partial charge in [-0.2, -0.15) is 0 Å². The van der Waals surface area contributed by atoms with Gasteiger partial charge in [-0.25, -0.2) is 4.39 Å². The normalized spacial score (nSPS) is 20.7. The van der Waals surface area contributed by atoms with Crippen molar-refractivity contribution in [3.63, 3.8) is 0 Å². The molecular formula is C36H28FNO6. The summed E-state index contributed by atoms with van der Waals surface area (Å²) in [4.78, 5) is 46.4. The Balaban J connectivity index is 1.60. The minimum Gasteiger partial charge on any atom is -0.493 e. The fourth-order valence-corrected chi connectivity index (χ4v) is 7.43. The number of carbonyl (C=O) groups excluding carboxylic acids is 3. The van der Waals surface area contributed by atoms with Crippen molar-refractivity contribution >= 4 is 29.1 Å². The van der Waals surface area contributed by atoms with Gasteiger partial charge < -0.3 is 19.1 Å². The SMILES string of the molecule is COc1ccc([C@@H]2[C@H](C(=O)c3ccccc3)N3c4ccc(F)cc4C=C[C@H]3C23C(=O)c2ccccc2C3=O)c(OC)c1OC. The Bertz CT molecular complexity index is 1850. The van der Waals surface area contributed by atoms with Crippen LogP contribution in [0.2, 0.25) is 0 Å². The fraction of sp³-hybridized carbons (Fsp3) is 0.194. The predicted molar refractivity (Wildman–Crippen MR) is 163 cm³/mol. The summed E-state index contributed by atoms with van der Waals surface area (Å²) in [5.74, 6) is -1.63. The van der Waals surface area contributed by atoms with E-state index in [2.05, 4.69) is 0 Å². The van der Waals surface area contributed by atoms with Crippen LogP contribution in [-0.4, -0.2) is 50.8 Å². The molecule has 3 aliphatic rings. The third-order valence-corrected chi connectivity index (χ3v) is 9.16. The quantitative estimate of drug-likeness (QED) is 0.197. The van der Waals surface area contributed by atoms with E-state index in [-0.39, 0.29) is 28.8 Å². The number of carbonyl (C=O) groups is 3. The van der Waals surface area contributed by atoms with Gasteiger partial charge in [0.05, 0.1) is 27.4 Å². The summed E-state index contributed by atoms with van der Waals surface area (Å²) in [5.41, 5.74) is 0.783. The van der Waals surface area contributed by atoms with Crippen molar-refractivity contribution in [2.45, 2.75) is 18.0 Å². The second-order valence-corrected chi connectivity index (χ2v) is 11.1. The Morgan fingerprint density at radius 2 is 1.45 bits per heavy atom. The van der Waals surface area contributed by atoms with Crippen LogP contribution in [0.15, 0.2) is 91.0 Å². The summed E-state index contributed by atoms with van der Waals surface area (Å²) in [6.45, 7) is 0. The van der Waals surface area contributed by atoms with Crippen LogP contribution in [0.1, 0.15) is 48.1 Å². The number of hydrogen-bond donors (Lipinski definition) is 0. The molecule has 2 heterocycles. The van der Waals surface area contributed by atoms with Crippen molar-refractivity contribution in [1.82, 2.24) is 0 Å². The highest BCUT2D eigenvalue weighted by atomic mass is 19.1. The Morgan fingerprint density at radius 3 is 2.09 bits per heavy atom. The van der Waals surface area contributed by atoms with Crippen LogP contribution < -0.4 is 19.1 Å². The van der Waals surface area contributed by atoms with Crippen molar-refractivity contribution in [3.8, 4) is 17.2 Å². The van der Waals surface area contributed by atoms with E-state index in [1.165, 1.54) is 33.5 Å². The standard InChI is InChI=1S/C36H28FNO6/c1-42-27-17-15-25(32(43-2)33(27)44-3)29-30(31(39)20-9-5-4-6-10-20)38-26-16-14-22(37)19-21(26)13-18-28(38)36(29)34(40)23-11-7-8-12-24(23)35(36)41/h4-19,28-30H,1-3H3/t28-,29+,30+/m0/s1. The first-order chi connectivity index (χ1) is 21.4. The van der Waals surface area contributed by atoms with Crippen LogP contribution in [0.25, 0.3) is 6.08 Å². The lowest BCUT2D eigenvalue weighted by Crippen LogP contribution is -2.48. The number of benzene rings is 4. The molecule has 1 spiro atoms. The van der Waals surface area contributed by atoms with E-state index in [0.717, 1.165) is 0 Å². The summed E-state index contributed by atoms with van der Waals surface area (Å²) in [6, 6.07) is 21.3. The molecule has 220 valence electrons. The van der Waals surface area contributed by atoms with Crippen molar-refractivity contribution in [3.05, 3.63) is 125 Å². The van der Waals surface area contributed by atoms with E-state index in [1.54, 1.807) is 78.9 Å². The van der Waals surface area contributed by atoms with Gasteiger partial charge in [-0.05, 0) is 24.3 Å². The van der Waals surface area contributed by atoms with E-state index >= 15 is 0 Å². The average molecular weight is 590 g/mol.